The van der Waals surface area contributed by atoms with Crippen molar-refractivity contribution in [2.75, 3.05) is 19.0 Å². The number of aromatic amines is 1. The molecule has 4 rings (SSSR count). The third kappa shape index (κ3) is 4.47. The predicted octanol–water partition coefficient (Wildman–Crippen LogP) is 5.35. The molecule has 0 spiro atoms. The lowest BCUT2D eigenvalue weighted by atomic mass is 10.2. The van der Waals surface area contributed by atoms with E-state index >= 15 is 0 Å². The highest BCUT2D eigenvalue weighted by Gasteiger charge is 2.08. The van der Waals surface area contributed by atoms with Gasteiger partial charge in [-0.2, -0.15) is 14.9 Å². The number of para-hydroxylation sites is 1. The maximum absolute atomic E-state index is 5.89. The van der Waals surface area contributed by atoms with Crippen LogP contribution in [0.2, 0.25) is 0 Å². The number of aromatic nitrogens is 3. The number of hydrogen-bond donors (Lipinski definition) is 1. The van der Waals surface area contributed by atoms with E-state index in [4.69, 9.17) is 17.0 Å². The molecule has 0 bridgehead atoms. The van der Waals surface area contributed by atoms with Crippen LogP contribution in [0, 0.1) is 4.77 Å². The van der Waals surface area contributed by atoms with Crippen molar-refractivity contribution >= 4 is 24.1 Å². The summed E-state index contributed by atoms with van der Waals surface area (Å²) in [4.78, 5) is 2.05. The van der Waals surface area contributed by atoms with Gasteiger partial charge < -0.3 is 9.64 Å². The molecule has 0 saturated carbocycles. The van der Waals surface area contributed by atoms with Crippen LogP contribution in [0.15, 0.2) is 84.0 Å². The van der Waals surface area contributed by atoms with Gasteiger partial charge in [0.2, 0.25) is 4.77 Å². The van der Waals surface area contributed by atoms with Crippen molar-refractivity contribution in [1.29, 1.82) is 0 Å². The molecule has 0 aliphatic heterocycles. The minimum atomic E-state index is 0.426. The minimum absolute atomic E-state index is 0.426. The van der Waals surface area contributed by atoms with Crippen molar-refractivity contribution in [3.63, 3.8) is 0 Å². The average Bonchev–Trinajstić information content (AvgIpc) is 3.13. The molecule has 4 aromatic rings. The topological polar surface area (TPSA) is 58.4 Å². The quantitative estimate of drug-likeness (QED) is 0.341. The Hall–Kier alpha value is -3.71. The van der Waals surface area contributed by atoms with Crippen molar-refractivity contribution in [3.05, 3.63) is 89.2 Å². The SMILES string of the molecule is CN(C)c1ccc(-c2n[nH]c(=S)n2N=Cc2cccc(Oc3ccccc3)c2)cc1. The highest BCUT2D eigenvalue weighted by molar-refractivity contribution is 7.71. The van der Waals surface area contributed by atoms with Crippen molar-refractivity contribution in [3.8, 4) is 22.9 Å². The lowest BCUT2D eigenvalue weighted by Crippen LogP contribution is -2.08. The normalized spacial score (nSPS) is 11.0. The van der Waals surface area contributed by atoms with Gasteiger partial charge in [0.05, 0.1) is 6.21 Å². The van der Waals surface area contributed by atoms with Gasteiger partial charge in [-0.3, -0.25) is 0 Å². The molecule has 0 radical (unpaired) electrons. The zero-order chi connectivity index (χ0) is 20.9. The summed E-state index contributed by atoms with van der Waals surface area (Å²) in [5.41, 5.74) is 2.92. The Labute approximate surface area is 180 Å². The second-order valence-electron chi connectivity index (χ2n) is 6.84. The molecule has 30 heavy (non-hydrogen) atoms. The minimum Gasteiger partial charge on any atom is -0.457 e. The Morgan fingerprint density at radius 1 is 0.967 bits per heavy atom. The fourth-order valence-corrected chi connectivity index (χ4v) is 3.08. The fraction of sp³-hybridized carbons (Fsp3) is 0.0870. The molecule has 0 fully saturated rings. The Bertz CT molecular complexity index is 1210. The van der Waals surface area contributed by atoms with Crippen molar-refractivity contribution in [2.45, 2.75) is 0 Å². The lowest BCUT2D eigenvalue weighted by Gasteiger charge is -2.12. The first kappa shape index (κ1) is 19.6. The van der Waals surface area contributed by atoms with Crippen molar-refractivity contribution < 1.29 is 4.74 Å². The van der Waals surface area contributed by atoms with Gasteiger partial charge in [-0.15, -0.1) is 0 Å². The van der Waals surface area contributed by atoms with E-state index in [1.54, 1.807) is 10.9 Å². The zero-order valence-electron chi connectivity index (χ0n) is 16.7. The van der Waals surface area contributed by atoms with E-state index in [0.717, 1.165) is 28.3 Å². The molecular weight excluding hydrogens is 394 g/mol. The first-order valence-electron chi connectivity index (χ1n) is 9.43. The van der Waals surface area contributed by atoms with Gasteiger partial charge in [0.1, 0.15) is 11.5 Å². The van der Waals surface area contributed by atoms with Crippen molar-refractivity contribution in [1.82, 2.24) is 14.9 Å². The van der Waals surface area contributed by atoms with E-state index in [1.165, 1.54) is 0 Å². The van der Waals surface area contributed by atoms with Crippen molar-refractivity contribution in [2.24, 2.45) is 5.10 Å². The van der Waals surface area contributed by atoms with Crippen LogP contribution < -0.4 is 9.64 Å². The Kier molecular flexibility index (Phi) is 5.72. The standard InChI is InChI=1S/C23H21N5OS/c1-27(2)19-13-11-18(12-14-19)22-25-26-23(30)28(22)24-16-17-7-6-10-21(15-17)29-20-8-4-3-5-9-20/h3-16H,1-2H3,(H,26,30). The summed E-state index contributed by atoms with van der Waals surface area (Å²) in [5.74, 6) is 2.17. The summed E-state index contributed by atoms with van der Waals surface area (Å²) in [6, 6.07) is 25.4. The summed E-state index contributed by atoms with van der Waals surface area (Å²) in [6.45, 7) is 0. The number of benzene rings is 3. The van der Waals surface area contributed by atoms with Crippen LogP contribution in [0.25, 0.3) is 11.4 Å². The molecule has 0 aliphatic rings. The molecule has 7 heteroatoms. The maximum atomic E-state index is 5.89. The molecule has 0 amide bonds. The van der Waals surface area contributed by atoms with Gasteiger partial charge in [-0.1, -0.05) is 30.3 Å². The summed E-state index contributed by atoms with van der Waals surface area (Å²) >= 11 is 5.37. The number of anilines is 1. The largest absolute Gasteiger partial charge is 0.457 e. The van der Waals surface area contributed by atoms with Gasteiger partial charge >= 0.3 is 0 Å². The third-order valence-electron chi connectivity index (χ3n) is 4.45. The molecule has 1 aromatic heterocycles. The number of hydrogen-bond acceptors (Lipinski definition) is 5. The van der Waals surface area contributed by atoms with E-state index < -0.39 is 0 Å². The summed E-state index contributed by atoms with van der Waals surface area (Å²) in [7, 11) is 4.01. The molecular formula is C23H21N5OS. The van der Waals surface area contributed by atoms with Crippen LogP contribution in [0.1, 0.15) is 5.56 Å². The smallest absolute Gasteiger partial charge is 0.216 e. The van der Waals surface area contributed by atoms with E-state index in [0.29, 0.717) is 10.6 Å². The number of ether oxygens (including phenoxy) is 1. The molecule has 1 N–H and O–H groups in total. The molecule has 150 valence electrons. The maximum Gasteiger partial charge on any atom is 0.216 e. The van der Waals surface area contributed by atoms with E-state index in [2.05, 4.69) is 15.3 Å². The van der Waals surface area contributed by atoms with E-state index in [9.17, 15) is 0 Å². The average molecular weight is 416 g/mol. The van der Waals surface area contributed by atoms with Gasteiger partial charge in [0.15, 0.2) is 5.82 Å². The molecule has 0 aliphatic carbocycles. The monoisotopic (exact) mass is 415 g/mol. The summed E-state index contributed by atoms with van der Waals surface area (Å²) in [5, 5.41) is 11.7. The summed E-state index contributed by atoms with van der Waals surface area (Å²) < 4.78 is 7.93. The Morgan fingerprint density at radius 3 is 2.43 bits per heavy atom. The number of nitrogens with one attached hydrogen (secondary N) is 1. The number of H-pyrrole nitrogens is 1. The highest BCUT2D eigenvalue weighted by atomic mass is 32.1. The molecule has 6 nitrogen and oxygen atoms in total. The van der Waals surface area contributed by atoms with Crippen LogP contribution in [0.3, 0.4) is 0 Å². The molecule has 0 atom stereocenters. The zero-order valence-corrected chi connectivity index (χ0v) is 17.5. The Morgan fingerprint density at radius 2 is 1.70 bits per heavy atom. The first-order valence-corrected chi connectivity index (χ1v) is 9.83. The predicted molar refractivity (Wildman–Crippen MR) is 123 cm³/mol. The lowest BCUT2D eigenvalue weighted by molar-refractivity contribution is 0.482. The molecule has 0 unspecified atom stereocenters. The highest BCUT2D eigenvalue weighted by Crippen LogP contribution is 2.23. The van der Waals surface area contributed by atoms with Crippen LogP contribution >= 0.6 is 12.2 Å². The fourth-order valence-electron chi connectivity index (χ4n) is 2.90. The van der Waals surface area contributed by atoms with Crippen LogP contribution in [-0.2, 0) is 0 Å². The molecule has 3 aromatic carbocycles. The van der Waals surface area contributed by atoms with Gasteiger partial charge in [-0.05, 0) is 66.3 Å². The van der Waals surface area contributed by atoms with Gasteiger partial charge in [-0.25, -0.2) is 5.10 Å². The molecule has 1 heterocycles. The van der Waals surface area contributed by atoms with Crippen LogP contribution in [0.4, 0.5) is 5.69 Å². The summed E-state index contributed by atoms with van der Waals surface area (Å²) in [6.07, 6.45) is 1.74. The van der Waals surface area contributed by atoms with E-state index in [1.807, 2.05) is 97.9 Å². The van der Waals surface area contributed by atoms with Gasteiger partial charge in [0.25, 0.3) is 0 Å². The second-order valence-corrected chi connectivity index (χ2v) is 7.22. The third-order valence-corrected chi connectivity index (χ3v) is 4.72. The number of rotatable bonds is 6. The van der Waals surface area contributed by atoms with Gasteiger partial charge in [0, 0.05) is 25.3 Å². The molecule has 0 saturated heterocycles. The second kappa shape index (κ2) is 8.75. The van der Waals surface area contributed by atoms with Crippen LogP contribution in [0.5, 0.6) is 11.5 Å². The van der Waals surface area contributed by atoms with Crippen LogP contribution in [-0.4, -0.2) is 35.2 Å². The number of nitrogens with zero attached hydrogens (tertiary/aromatic N) is 4. The van der Waals surface area contributed by atoms with E-state index in [-0.39, 0.29) is 0 Å². The Balaban J connectivity index is 1.58. The first-order chi connectivity index (χ1) is 14.6.